The van der Waals surface area contributed by atoms with Gasteiger partial charge in [-0.1, -0.05) is 12.1 Å². The number of carbonyl (C=O) groups is 1. The normalized spacial score (nSPS) is 12.4. The predicted octanol–water partition coefficient (Wildman–Crippen LogP) is 2.53. The summed E-state index contributed by atoms with van der Waals surface area (Å²) in [7, 11) is 0. The largest absolute Gasteiger partial charge is 0.480 e. The van der Waals surface area contributed by atoms with Crippen LogP contribution in [0.15, 0.2) is 24.3 Å². The molecule has 0 aliphatic heterocycles. The summed E-state index contributed by atoms with van der Waals surface area (Å²) in [6.45, 7) is 1.64. The smallest absolute Gasteiger partial charge is 0.316 e. The predicted molar refractivity (Wildman–Crippen MR) is 54.8 cm³/mol. The van der Waals surface area contributed by atoms with E-state index in [4.69, 9.17) is 5.11 Å². The van der Waals surface area contributed by atoms with Crippen LogP contribution in [0.4, 0.5) is 4.39 Å². The van der Waals surface area contributed by atoms with Crippen molar-refractivity contribution in [2.45, 2.75) is 17.9 Å². The van der Waals surface area contributed by atoms with Crippen molar-refractivity contribution in [2.24, 2.45) is 0 Å². The van der Waals surface area contributed by atoms with E-state index in [2.05, 4.69) is 0 Å². The Morgan fingerprint density at radius 2 is 2.07 bits per heavy atom. The molecule has 0 aliphatic rings. The molecule has 1 unspecified atom stereocenters. The third-order valence-corrected chi connectivity index (χ3v) is 2.96. The van der Waals surface area contributed by atoms with E-state index in [1.165, 1.54) is 23.9 Å². The van der Waals surface area contributed by atoms with Gasteiger partial charge in [0.25, 0.3) is 0 Å². The van der Waals surface area contributed by atoms with Gasteiger partial charge < -0.3 is 5.11 Å². The van der Waals surface area contributed by atoms with Gasteiger partial charge in [0, 0.05) is 5.75 Å². The van der Waals surface area contributed by atoms with Crippen LogP contribution >= 0.6 is 11.8 Å². The van der Waals surface area contributed by atoms with Gasteiger partial charge in [0.05, 0.1) is 5.25 Å². The zero-order valence-corrected chi connectivity index (χ0v) is 8.55. The highest BCUT2D eigenvalue weighted by molar-refractivity contribution is 7.99. The summed E-state index contributed by atoms with van der Waals surface area (Å²) in [5, 5.41) is 8.19. The summed E-state index contributed by atoms with van der Waals surface area (Å²) >= 11 is 1.32. The highest BCUT2D eigenvalue weighted by Gasteiger charge is 2.10. The van der Waals surface area contributed by atoms with Crippen molar-refractivity contribution in [1.29, 1.82) is 0 Å². The van der Waals surface area contributed by atoms with E-state index in [0.717, 1.165) is 5.56 Å². The number of hydrogen-bond donors (Lipinski definition) is 1. The molecule has 0 radical (unpaired) electrons. The molecule has 1 N–H and O–H groups in total. The molecule has 0 aliphatic carbocycles. The Bertz CT molecular complexity index is 310. The molecule has 0 spiro atoms. The van der Waals surface area contributed by atoms with Crippen LogP contribution in [0.3, 0.4) is 0 Å². The Morgan fingerprint density at radius 3 is 2.57 bits per heavy atom. The number of halogens is 1. The first kappa shape index (κ1) is 11.0. The lowest BCUT2D eigenvalue weighted by atomic mass is 10.2. The first-order valence-corrected chi connectivity index (χ1v) is 5.23. The van der Waals surface area contributed by atoms with E-state index in [-0.39, 0.29) is 5.82 Å². The maximum Gasteiger partial charge on any atom is 0.316 e. The van der Waals surface area contributed by atoms with Gasteiger partial charge in [0.2, 0.25) is 0 Å². The van der Waals surface area contributed by atoms with Crippen molar-refractivity contribution in [3.63, 3.8) is 0 Å². The van der Waals surface area contributed by atoms with Crippen LogP contribution in [0.5, 0.6) is 0 Å². The third-order valence-electron chi connectivity index (χ3n) is 1.76. The van der Waals surface area contributed by atoms with Gasteiger partial charge in [-0.2, -0.15) is 0 Å². The van der Waals surface area contributed by atoms with Crippen molar-refractivity contribution >= 4 is 17.7 Å². The standard InChI is InChI=1S/C10H11FO2S/c1-7(10(12)13)14-6-8-2-4-9(11)5-3-8/h2-5,7H,6H2,1H3,(H,12,13). The second-order valence-electron chi connectivity index (χ2n) is 2.92. The molecular weight excluding hydrogens is 203 g/mol. The summed E-state index contributed by atoms with van der Waals surface area (Å²) in [6, 6.07) is 6.08. The lowest BCUT2D eigenvalue weighted by Gasteiger charge is -2.05. The fourth-order valence-electron chi connectivity index (χ4n) is 0.873. The summed E-state index contributed by atoms with van der Waals surface area (Å²) in [5.41, 5.74) is 0.935. The average Bonchev–Trinajstić information content (AvgIpc) is 2.16. The van der Waals surface area contributed by atoms with E-state index >= 15 is 0 Å². The molecule has 14 heavy (non-hydrogen) atoms. The summed E-state index contributed by atoms with van der Waals surface area (Å²) in [5.74, 6) is -0.504. The second-order valence-corrected chi connectivity index (χ2v) is 4.25. The molecule has 0 fully saturated rings. The number of rotatable bonds is 4. The highest BCUT2D eigenvalue weighted by atomic mass is 32.2. The number of benzene rings is 1. The first-order chi connectivity index (χ1) is 6.59. The molecule has 1 rings (SSSR count). The van der Waals surface area contributed by atoms with Crippen LogP contribution in [0, 0.1) is 5.82 Å². The lowest BCUT2D eigenvalue weighted by molar-refractivity contribution is -0.136. The minimum atomic E-state index is -0.822. The number of thioether (sulfide) groups is 1. The molecule has 2 nitrogen and oxygen atoms in total. The Balaban J connectivity index is 2.46. The van der Waals surface area contributed by atoms with E-state index in [1.54, 1.807) is 19.1 Å². The minimum Gasteiger partial charge on any atom is -0.480 e. The minimum absolute atomic E-state index is 0.273. The lowest BCUT2D eigenvalue weighted by Crippen LogP contribution is -2.11. The molecule has 1 aromatic rings. The van der Waals surface area contributed by atoms with Gasteiger partial charge in [0.1, 0.15) is 5.82 Å². The topological polar surface area (TPSA) is 37.3 Å². The summed E-state index contributed by atoms with van der Waals surface area (Å²) in [6.07, 6.45) is 0. The Morgan fingerprint density at radius 1 is 1.50 bits per heavy atom. The number of carboxylic acid groups (broad SMARTS) is 1. The second kappa shape index (κ2) is 5.00. The molecule has 0 heterocycles. The Labute approximate surface area is 86.1 Å². The van der Waals surface area contributed by atoms with Gasteiger partial charge in [-0.15, -0.1) is 11.8 Å². The van der Waals surface area contributed by atoms with Crippen LogP contribution in [0.1, 0.15) is 12.5 Å². The van der Waals surface area contributed by atoms with Crippen molar-refractivity contribution in [1.82, 2.24) is 0 Å². The maximum atomic E-state index is 12.5. The Hall–Kier alpha value is -1.03. The van der Waals surface area contributed by atoms with Gasteiger partial charge in [-0.25, -0.2) is 4.39 Å². The fourth-order valence-corrected chi connectivity index (χ4v) is 1.65. The van der Waals surface area contributed by atoms with Crippen LogP contribution in [-0.2, 0) is 10.5 Å². The zero-order valence-electron chi connectivity index (χ0n) is 7.74. The van der Waals surface area contributed by atoms with Crippen molar-refractivity contribution in [2.75, 3.05) is 0 Å². The van der Waals surface area contributed by atoms with Crippen LogP contribution in [0.25, 0.3) is 0 Å². The van der Waals surface area contributed by atoms with Crippen molar-refractivity contribution in [3.05, 3.63) is 35.6 Å². The Kier molecular flexibility index (Phi) is 3.95. The number of hydrogen-bond acceptors (Lipinski definition) is 2. The van der Waals surface area contributed by atoms with Crippen LogP contribution < -0.4 is 0 Å². The fraction of sp³-hybridized carbons (Fsp3) is 0.300. The van der Waals surface area contributed by atoms with Crippen molar-refractivity contribution < 1.29 is 14.3 Å². The molecular formula is C10H11FO2S. The van der Waals surface area contributed by atoms with E-state index in [9.17, 15) is 9.18 Å². The van der Waals surface area contributed by atoms with E-state index in [0.29, 0.717) is 5.75 Å². The molecule has 0 saturated heterocycles. The highest BCUT2D eigenvalue weighted by Crippen LogP contribution is 2.17. The molecule has 0 saturated carbocycles. The first-order valence-electron chi connectivity index (χ1n) is 4.18. The quantitative estimate of drug-likeness (QED) is 0.836. The summed E-state index contributed by atoms with van der Waals surface area (Å²) in [4.78, 5) is 10.5. The van der Waals surface area contributed by atoms with Crippen LogP contribution in [-0.4, -0.2) is 16.3 Å². The maximum absolute atomic E-state index is 12.5. The number of carboxylic acids is 1. The van der Waals surface area contributed by atoms with E-state index < -0.39 is 11.2 Å². The van der Waals surface area contributed by atoms with Gasteiger partial charge in [-0.05, 0) is 24.6 Å². The van der Waals surface area contributed by atoms with E-state index in [1.807, 2.05) is 0 Å². The van der Waals surface area contributed by atoms with Gasteiger partial charge >= 0.3 is 5.97 Å². The van der Waals surface area contributed by atoms with Gasteiger partial charge in [-0.3, -0.25) is 4.79 Å². The molecule has 76 valence electrons. The van der Waals surface area contributed by atoms with Crippen molar-refractivity contribution in [3.8, 4) is 0 Å². The zero-order chi connectivity index (χ0) is 10.6. The third kappa shape index (κ3) is 3.38. The average molecular weight is 214 g/mol. The molecule has 0 bridgehead atoms. The molecule has 1 atom stereocenters. The monoisotopic (exact) mass is 214 g/mol. The SMILES string of the molecule is CC(SCc1ccc(F)cc1)C(=O)O. The van der Waals surface area contributed by atoms with Crippen LogP contribution in [0.2, 0.25) is 0 Å². The molecule has 4 heteroatoms. The number of aliphatic carboxylic acids is 1. The molecule has 0 amide bonds. The molecule has 1 aromatic carbocycles. The summed E-state index contributed by atoms with van der Waals surface area (Å²) < 4.78 is 12.5. The molecule has 0 aromatic heterocycles. The van der Waals surface area contributed by atoms with Gasteiger partial charge in [0.15, 0.2) is 0 Å².